The van der Waals surface area contributed by atoms with Gasteiger partial charge in [0.15, 0.2) is 0 Å². The van der Waals surface area contributed by atoms with Crippen LogP contribution in [-0.2, 0) is 9.53 Å². The first-order valence-electron chi connectivity index (χ1n) is 8.60. The lowest BCUT2D eigenvalue weighted by molar-refractivity contribution is -0.137. The Morgan fingerprint density at radius 2 is 2.17 bits per heavy atom. The van der Waals surface area contributed by atoms with Gasteiger partial charge in [0.2, 0.25) is 5.91 Å². The molecule has 122 valence electrons. The minimum absolute atomic E-state index is 0.117. The lowest BCUT2D eigenvalue weighted by Gasteiger charge is -2.31. The number of hydrogen-bond acceptors (Lipinski definition) is 3. The number of hydrogen-bond donors (Lipinski definition) is 1. The van der Waals surface area contributed by atoms with E-state index in [4.69, 9.17) is 9.72 Å². The number of likely N-dealkylation sites (tertiary alicyclic amines) is 1. The van der Waals surface area contributed by atoms with Crippen LogP contribution in [0.1, 0.15) is 37.4 Å². The van der Waals surface area contributed by atoms with E-state index in [1.54, 1.807) is 0 Å². The van der Waals surface area contributed by atoms with E-state index in [1.165, 1.54) is 12.8 Å². The van der Waals surface area contributed by atoms with Crippen LogP contribution in [0.4, 0.5) is 0 Å². The number of nitrogens with zero attached hydrogens (tertiary/aromatic N) is 2. The van der Waals surface area contributed by atoms with Crippen LogP contribution in [0.15, 0.2) is 24.3 Å². The summed E-state index contributed by atoms with van der Waals surface area (Å²) in [6.07, 6.45) is 4.61. The summed E-state index contributed by atoms with van der Waals surface area (Å²) >= 11 is 0. The van der Waals surface area contributed by atoms with Crippen LogP contribution in [0.5, 0.6) is 0 Å². The van der Waals surface area contributed by atoms with Crippen molar-refractivity contribution in [1.82, 2.24) is 14.9 Å². The monoisotopic (exact) mass is 313 g/mol. The number of para-hydroxylation sites is 2. The molecule has 1 saturated heterocycles. The molecule has 1 aliphatic heterocycles. The SMILES string of the molecule is O=C(COCC1CC1)N1CCC[C@H](c2nc3ccccc3[nH]2)C1. The van der Waals surface area contributed by atoms with Crippen molar-refractivity contribution in [3.8, 4) is 0 Å². The van der Waals surface area contributed by atoms with Gasteiger partial charge >= 0.3 is 0 Å². The lowest BCUT2D eigenvalue weighted by Crippen LogP contribution is -2.41. The molecule has 1 N–H and O–H groups in total. The summed E-state index contributed by atoms with van der Waals surface area (Å²) in [6, 6.07) is 8.08. The standard InChI is InChI=1S/C18H23N3O2/c22-17(12-23-11-13-7-8-13)21-9-3-4-14(10-21)18-19-15-5-1-2-6-16(15)20-18/h1-2,5-6,13-14H,3-4,7-12H2,(H,19,20)/t14-/m0/s1. The molecule has 0 unspecified atom stereocenters. The number of benzene rings is 1. The predicted octanol–water partition coefficient (Wildman–Crippen LogP) is 2.70. The molecule has 1 aromatic heterocycles. The highest BCUT2D eigenvalue weighted by Gasteiger charge is 2.27. The highest BCUT2D eigenvalue weighted by Crippen LogP contribution is 2.29. The minimum atomic E-state index is 0.117. The number of aromatic amines is 1. The van der Waals surface area contributed by atoms with Crippen molar-refractivity contribution < 1.29 is 9.53 Å². The van der Waals surface area contributed by atoms with Crippen LogP contribution in [-0.4, -0.2) is 47.1 Å². The fourth-order valence-electron chi connectivity index (χ4n) is 3.28. The molecule has 5 heteroatoms. The molecule has 0 spiro atoms. The summed E-state index contributed by atoms with van der Waals surface area (Å²) < 4.78 is 5.55. The van der Waals surface area contributed by atoms with Crippen molar-refractivity contribution in [2.75, 3.05) is 26.3 Å². The molecule has 1 aromatic carbocycles. The zero-order valence-electron chi connectivity index (χ0n) is 13.3. The van der Waals surface area contributed by atoms with E-state index < -0.39 is 0 Å². The van der Waals surface area contributed by atoms with E-state index in [0.717, 1.165) is 49.4 Å². The van der Waals surface area contributed by atoms with Gasteiger partial charge in [-0.2, -0.15) is 0 Å². The zero-order chi connectivity index (χ0) is 15.6. The number of amides is 1. The van der Waals surface area contributed by atoms with Crippen LogP contribution in [0, 0.1) is 5.92 Å². The zero-order valence-corrected chi connectivity index (χ0v) is 13.3. The number of carbonyl (C=O) groups is 1. The van der Waals surface area contributed by atoms with Gasteiger partial charge in [0.25, 0.3) is 0 Å². The van der Waals surface area contributed by atoms with Gasteiger partial charge in [-0.15, -0.1) is 0 Å². The maximum absolute atomic E-state index is 12.3. The van der Waals surface area contributed by atoms with Crippen LogP contribution < -0.4 is 0 Å². The number of ether oxygens (including phenoxy) is 1. The van der Waals surface area contributed by atoms with Crippen molar-refractivity contribution >= 4 is 16.9 Å². The average Bonchev–Trinajstić information content (AvgIpc) is 3.30. The Hall–Kier alpha value is -1.88. The second kappa shape index (κ2) is 6.32. The summed E-state index contributed by atoms with van der Waals surface area (Å²) in [6.45, 7) is 2.55. The fourth-order valence-corrected chi connectivity index (χ4v) is 3.28. The molecule has 0 radical (unpaired) electrons. The molecule has 4 rings (SSSR count). The third-order valence-electron chi connectivity index (χ3n) is 4.84. The van der Waals surface area contributed by atoms with Gasteiger partial charge in [-0.05, 0) is 43.7 Å². The highest BCUT2D eigenvalue weighted by atomic mass is 16.5. The number of carbonyl (C=O) groups excluding carboxylic acids is 1. The Balaban J connectivity index is 1.38. The van der Waals surface area contributed by atoms with E-state index in [0.29, 0.717) is 11.8 Å². The Kier molecular flexibility index (Phi) is 4.04. The molecule has 2 fully saturated rings. The Labute approximate surface area is 136 Å². The molecule has 2 aliphatic rings. The molecule has 1 saturated carbocycles. The maximum Gasteiger partial charge on any atom is 0.248 e. The topological polar surface area (TPSA) is 58.2 Å². The fraction of sp³-hybridized carbons (Fsp3) is 0.556. The molecule has 1 atom stereocenters. The van der Waals surface area contributed by atoms with Crippen LogP contribution in [0.3, 0.4) is 0 Å². The molecule has 2 aromatic rings. The Bertz CT molecular complexity index is 659. The third kappa shape index (κ3) is 3.39. The van der Waals surface area contributed by atoms with Crippen molar-refractivity contribution in [1.29, 1.82) is 0 Å². The molecular weight excluding hydrogens is 290 g/mol. The second-order valence-corrected chi connectivity index (χ2v) is 6.78. The summed E-state index contributed by atoms with van der Waals surface area (Å²) in [5.41, 5.74) is 2.07. The van der Waals surface area contributed by atoms with E-state index in [1.807, 2.05) is 29.2 Å². The minimum Gasteiger partial charge on any atom is -0.371 e. The van der Waals surface area contributed by atoms with Gasteiger partial charge < -0.3 is 14.6 Å². The highest BCUT2D eigenvalue weighted by molar-refractivity contribution is 5.78. The van der Waals surface area contributed by atoms with Crippen molar-refractivity contribution in [2.45, 2.75) is 31.6 Å². The van der Waals surface area contributed by atoms with Gasteiger partial charge in [-0.25, -0.2) is 4.98 Å². The first-order chi connectivity index (χ1) is 11.3. The van der Waals surface area contributed by atoms with E-state index in [-0.39, 0.29) is 12.5 Å². The van der Waals surface area contributed by atoms with Gasteiger partial charge in [-0.1, -0.05) is 12.1 Å². The Morgan fingerprint density at radius 1 is 1.30 bits per heavy atom. The smallest absolute Gasteiger partial charge is 0.248 e. The van der Waals surface area contributed by atoms with E-state index in [2.05, 4.69) is 4.98 Å². The molecular formula is C18H23N3O2. The molecule has 23 heavy (non-hydrogen) atoms. The largest absolute Gasteiger partial charge is 0.371 e. The average molecular weight is 313 g/mol. The maximum atomic E-state index is 12.3. The third-order valence-corrected chi connectivity index (χ3v) is 4.84. The summed E-state index contributed by atoms with van der Waals surface area (Å²) in [5, 5.41) is 0. The van der Waals surface area contributed by atoms with Crippen LogP contribution >= 0.6 is 0 Å². The predicted molar refractivity (Wildman–Crippen MR) is 88.2 cm³/mol. The summed E-state index contributed by atoms with van der Waals surface area (Å²) in [7, 11) is 0. The summed E-state index contributed by atoms with van der Waals surface area (Å²) in [5.74, 6) is 2.12. The second-order valence-electron chi connectivity index (χ2n) is 6.78. The number of imidazole rings is 1. The number of rotatable bonds is 5. The van der Waals surface area contributed by atoms with E-state index in [9.17, 15) is 4.79 Å². The molecule has 0 bridgehead atoms. The molecule has 5 nitrogen and oxygen atoms in total. The lowest BCUT2D eigenvalue weighted by atomic mass is 9.97. The number of fused-ring (bicyclic) bond motifs is 1. The molecule has 1 aliphatic carbocycles. The number of aromatic nitrogens is 2. The number of piperidine rings is 1. The van der Waals surface area contributed by atoms with E-state index >= 15 is 0 Å². The van der Waals surface area contributed by atoms with Crippen molar-refractivity contribution in [3.63, 3.8) is 0 Å². The van der Waals surface area contributed by atoms with Crippen molar-refractivity contribution in [3.05, 3.63) is 30.1 Å². The van der Waals surface area contributed by atoms with Gasteiger partial charge in [0, 0.05) is 19.0 Å². The first-order valence-corrected chi connectivity index (χ1v) is 8.60. The molecule has 2 heterocycles. The summed E-state index contributed by atoms with van der Waals surface area (Å²) in [4.78, 5) is 22.4. The van der Waals surface area contributed by atoms with Gasteiger partial charge in [0.05, 0.1) is 17.6 Å². The molecule has 1 amide bonds. The first kappa shape index (κ1) is 14.7. The Morgan fingerprint density at radius 3 is 3.00 bits per heavy atom. The van der Waals surface area contributed by atoms with Gasteiger partial charge in [-0.3, -0.25) is 4.79 Å². The quantitative estimate of drug-likeness (QED) is 0.923. The normalized spacial score (nSPS) is 21.7. The number of H-pyrrole nitrogens is 1. The van der Waals surface area contributed by atoms with Crippen LogP contribution in [0.25, 0.3) is 11.0 Å². The van der Waals surface area contributed by atoms with Gasteiger partial charge in [0.1, 0.15) is 12.4 Å². The number of nitrogens with one attached hydrogen (secondary N) is 1. The van der Waals surface area contributed by atoms with Crippen LogP contribution in [0.2, 0.25) is 0 Å². The van der Waals surface area contributed by atoms with Crippen molar-refractivity contribution in [2.24, 2.45) is 5.92 Å².